The molecule has 2 atom stereocenters. The predicted octanol–water partition coefficient (Wildman–Crippen LogP) is 2.06. The van der Waals surface area contributed by atoms with Gasteiger partial charge in [-0.2, -0.15) is 0 Å². The molecule has 1 saturated carbocycles. The maximum Gasteiger partial charge on any atom is 0.169 e. The third kappa shape index (κ3) is 2.36. The van der Waals surface area contributed by atoms with E-state index < -0.39 is 6.10 Å². The van der Waals surface area contributed by atoms with E-state index in [1.807, 2.05) is 37.3 Å². The van der Waals surface area contributed by atoms with E-state index >= 15 is 0 Å². The van der Waals surface area contributed by atoms with Crippen LogP contribution < -0.4 is 0 Å². The highest BCUT2D eigenvalue weighted by Crippen LogP contribution is 2.23. The molecular formula is C13H14O3. The normalized spacial score (nSPS) is 22.4. The molecule has 1 aliphatic rings. The van der Waals surface area contributed by atoms with E-state index in [1.165, 1.54) is 0 Å². The van der Waals surface area contributed by atoms with Crippen LogP contribution in [0.5, 0.6) is 0 Å². The average Bonchev–Trinajstić information content (AvgIpc) is 2.59. The zero-order valence-electron chi connectivity index (χ0n) is 9.18. The monoisotopic (exact) mass is 218 g/mol. The second-order valence-corrected chi connectivity index (χ2v) is 4.06. The number of hydrogen-bond donors (Lipinski definition) is 0. The van der Waals surface area contributed by atoms with Crippen LogP contribution in [0.25, 0.3) is 0 Å². The van der Waals surface area contributed by atoms with Gasteiger partial charge < -0.3 is 4.74 Å². The first-order valence-corrected chi connectivity index (χ1v) is 5.41. The van der Waals surface area contributed by atoms with Gasteiger partial charge >= 0.3 is 0 Å². The maximum atomic E-state index is 11.4. The van der Waals surface area contributed by atoms with Gasteiger partial charge in [-0.05, 0) is 12.5 Å². The summed E-state index contributed by atoms with van der Waals surface area (Å²) in [5.41, 5.74) is 1.02. The Morgan fingerprint density at radius 3 is 2.50 bits per heavy atom. The van der Waals surface area contributed by atoms with Gasteiger partial charge in [0.05, 0.1) is 12.5 Å². The topological polar surface area (TPSA) is 43.4 Å². The molecule has 2 unspecified atom stereocenters. The van der Waals surface area contributed by atoms with E-state index in [0.717, 1.165) is 5.56 Å². The van der Waals surface area contributed by atoms with Crippen LogP contribution in [0, 0.1) is 0 Å². The lowest BCUT2D eigenvalue weighted by molar-refractivity contribution is -0.130. The molecule has 2 rings (SSSR count). The molecule has 1 fully saturated rings. The lowest BCUT2D eigenvalue weighted by Gasteiger charge is -2.17. The third-order valence-electron chi connectivity index (χ3n) is 2.78. The minimum absolute atomic E-state index is 0.0183. The molecule has 1 aromatic carbocycles. The van der Waals surface area contributed by atoms with Gasteiger partial charge in [-0.15, -0.1) is 0 Å². The highest BCUT2D eigenvalue weighted by Gasteiger charge is 2.32. The smallest absolute Gasteiger partial charge is 0.169 e. The molecule has 0 radical (unpaired) electrons. The Balaban J connectivity index is 2.00. The Labute approximate surface area is 94.4 Å². The molecule has 0 bridgehead atoms. The van der Waals surface area contributed by atoms with Crippen LogP contribution in [-0.4, -0.2) is 17.7 Å². The van der Waals surface area contributed by atoms with E-state index in [-0.39, 0.29) is 30.5 Å². The molecular weight excluding hydrogens is 204 g/mol. The summed E-state index contributed by atoms with van der Waals surface area (Å²) >= 11 is 0. The third-order valence-corrected chi connectivity index (χ3v) is 2.78. The predicted molar refractivity (Wildman–Crippen MR) is 59.0 cm³/mol. The van der Waals surface area contributed by atoms with Gasteiger partial charge in [0.1, 0.15) is 11.9 Å². The van der Waals surface area contributed by atoms with Crippen molar-refractivity contribution in [3.05, 3.63) is 35.9 Å². The fourth-order valence-electron chi connectivity index (χ4n) is 1.87. The van der Waals surface area contributed by atoms with E-state index in [0.29, 0.717) is 0 Å². The number of benzene rings is 1. The summed E-state index contributed by atoms with van der Waals surface area (Å²) in [5.74, 6) is -0.108. The summed E-state index contributed by atoms with van der Waals surface area (Å²) in [6, 6.07) is 9.69. The second kappa shape index (κ2) is 4.58. The number of Topliss-reactive ketones (excluding diaryl/α,β-unsaturated/α-hetero) is 2. The summed E-state index contributed by atoms with van der Waals surface area (Å²) < 4.78 is 5.61. The van der Waals surface area contributed by atoms with Gasteiger partial charge in [0, 0.05) is 6.42 Å². The van der Waals surface area contributed by atoms with Crippen molar-refractivity contribution >= 4 is 11.6 Å². The number of carbonyl (C=O) groups excluding carboxylic acids is 2. The Morgan fingerprint density at radius 2 is 1.94 bits per heavy atom. The molecule has 1 aliphatic carbocycles. The Bertz CT molecular complexity index is 397. The number of carbonyl (C=O) groups is 2. The lowest BCUT2D eigenvalue weighted by atomic mass is 10.1. The molecule has 3 heteroatoms. The molecule has 0 N–H and O–H groups in total. The van der Waals surface area contributed by atoms with Crippen molar-refractivity contribution in [1.82, 2.24) is 0 Å². The van der Waals surface area contributed by atoms with Gasteiger partial charge in [-0.3, -0.25) is 9.59 Å². The Hall–Kier alpha value is -1.48. The zero-order chi connectivity index (χ0) is 11.5. The van der Waals surface area contributed by atoms with E-state index in [4.69, 9.17) is 4.74 Å². The molecule has 1 aromatic rings. The highest BCUT2D eigenvalue weighted by atomic mass is 16.5. The van der Waals surface area contributed by atoms with Crippen molar-refractivity contribution in [2.24, 2.45) is 0 Å². The number of hydrogen-bond acceptors (Lipinski definition) is 3. The Kier molecular flexibility index (Phi) is 3.15. The average molecular weight is 218 g/mol. The summed E-state index contributed by atoms with van der Waals surface area (Å²) in [4.78, 5) is 22.5. The Morgan fingerprint density at radius 1 is 1.25 bits per heavy atom. The van der Waals surface area contributed by atoms with Crippen molar-refractivity contribution in [2.45, 2.75) is 32.0 Å². The van der Waals surface area contributed by atoms with Crippen LogP contribution in [0.15, 0.2) is 30.3 Å². The van der Waals surface area contributed by atoms with Gasteiger partial charge in [0.15, 0.2) is 5.78 Å². The molecule has 3 nitrogen and oxygen atoms in total. The minimum Gasteiger partial charge on any atom is -0.362 e. The first kappa shape index (κ1) is 11.0. The van der Waals surface area contributed by atoms with Crippen LogP contribution in [0.4, 0.5) is 0 Å². The van der Waals surface area contributed by atoms with Crippen LogP contribution in [0.1, 0.15) is 31.4 Å². The van der Waals surface area contributed by atoms with E-state index in [9.17, 15) is 9.59 Å². The van der Waals surface area contributed by atoms with Gasteiger partial charge in [0.2, 0.25) is 0 Å². The van der Waals surface area contributed by atoms with Crippen LogP contribution >= 0.6 is 0 Å². The fraction of sp³-hybridized carbons (Fsp3) is 0.385. The van der Waals surface area contributed by atoms with Gasteiger partial charge in [-0.1, -0.05) is 30.3 Å². The standard InChI is InChI=1S/C13H14O3/c1-9(10-5-3-2-4-6-10)16-13-8-11(14)7-12(13)15/h2-6,9,13H,7-8H2,1H3. The molecule has 0 spiro atoms. The van der Waals surface area contributed by atoms with Crippen LogP contribution in [0.3, 0.4) is 0 Å². The lowest BCUT2D eigenvalue weighted by Crippen LogP contribution is -2.19. The van der Waals surface area contributed by atoms with Crippen molar-refractivity contribution in [3.8, 4) is 0 Å². The molecule has 84 valence electrons. The molecule has 16 heavy (non-hydrogen) atoms. The first-order valence-electron chi connectivity index (χ1n) is 5.41. The van der Waals surface area contributed by atoms with Crippen molar-refractivity contribution < 1.29 is 14.3 Å². The van der Waals surface area contributed by atoms with Crippen molar-refractivity contribution in [1.29, 1.82) is 0 Å². The van der Waals surface area contributed by atoms with Crippen molar-refractivity contribution in [2.75, 3.05) is 0 Å². The SMILES string of the molecule is CC(OC1CC(=O)CC1=O)c1ccccc1. The van der Waals surface area contributed by atoms with E-state index in [2.05, 4.69) is 0 Å². The summed E-state index contributed by atoms with van der Waals surface area (Å²) in [5, 5.41) is 0. The number of rotatable bonds is 3. The molecule has 0 heterocycles. The number of ketones is 2. The summed E-state index contributed by atoms with van der Waals surface area (Å²) in [6.45, 7) is 1.89. The van der Waals surface area contributed by atoms with Crippen LogP contribution in [-0.2, 0) is 14.3 Å². The van der Waals surface area contributed by atoms with Crippen LogP contribution in [0.2, 0.25) is 0 Å². The fourth-order valence-corrected chi connectivity index (χ4v) is 1.87. The van der Waals surface area contributed by atoms with Gasteiger partial charge in [0.25, 0.3) is 0 Å². The molecule has 0 amide bonds. The summed E-state index contributed by atoms with van der Waals surface area (Å²) in [7, 11) is 0. The molecule has 0 aromatic heterocycles. The van der Waals surface area contributed by atoms with Gasteiger partial charge in [-0.25, -0.2) is 0 Å². The highest BCUT2D eigenvalue weighted by molar-refractivity contribution is 6.08. The van der Waals surface area contributed by atoms with Crippen molar-refractivity contribution in [3.63, 3.8) is 0 Å². The largest absolute Gasteiger partial charge is 0.362 e. The molecule has 0 aliphatic heterocycles. The number of ether oxygens (including phenoxy) is 1. The summed E-state index contributed by atoms with van der Waals surface area (Å²) in [6.07, 6.45) is -0.425. The second-order valence-electron chi connectivity index (χ2n) is 4.06. The maximum absolute atomic E-state index is 11.4. The first-order chi connectivity index (χ1) is 7.66. The van der Waals surface area contributed by atoms with E-state index in [1.54, 1.807) is 0 Å². The zero-order valence-corrected chi connectivity index (χ0v) is 9.18. The minimum atomic E-state index is -0.539. The quantitative estimate of drug-likeness (QED) is 0.729. The molecule has 0 saturated heterocycles.